The van der Waals surface area contributed by atoms with Gasteiger partial charge in [-0.1, -0.05) is 23.7 Å². The number of rotatable bonds is 5. The zero-order chi connectivity index (χ0) is 17.1. The lowest BCUT2D eigenvalue weighted by Gasteiger charge is -1.98. The van der Waals surface area contributed by atoms with Crippen LogP contribution in [-0.2, 0) is 9.53 Å². The van der Waals surface area contributed by atoms with Gasteiger partial charge in [-0.25, -0.2) is 4.98 Å². The normalized spacial score (nSPS) is 10.8. The van der Waals surface area contributed by atoms with Crippen LogP contribution in [0.25, 0.3) is 16.4 Å². The van der Waals surface area contributed by atoms with E-state index < -0.39 is 0 Å². The van der Waals surface area contributed by atoms with E-state index in [0.717, 1.165) is 11.3 Å². The highest BCUT2D eigenvalue weighted by atomic mass is 35.5. The second-order valence-electron chi connectivity index (χ2n) is 4.71. The van der Waals surface area contributed by atoms with E-state index in [1.165, 1.54) is 23.1 Å². The number of nitrogens with one attached hydrogen (secondary N) is 1. The number of ether oxygens (including phenoxy) is 1. The molecule has 0 radical (unpaired) electrons. The summed E-state index contributed by atoms with van der Waals surface area (Å²) in [6, 6.07) is 7.34. The van der Waals surface area contributed by atoms with E-state index in [1.807, 2.05) is 17.5 Å². The number of thiazole rings is 1. The highest BCUT2D eigenvalue weighted by Gasteiger charge is 2.14. The second kappa shape index (κ2) is 6.95. The highest BCUT2D eigenvalue weighted by Crippen LogP contribution is 2.26. The van der Waals surface area contributed by atoms with Crippen LogP contribution in [0, 0.1) is 0 Å². The molecule has 0 aliphatic carbocycles. The topological polar surface area (TPSA) is 108 Å². The molecule has 0 saturated carbocycles. The smallest absolute Gasteiger partial charge is 0.252 e. The van der Waals surface area contributed by atoms with Crippen LogP contribution in [0.1, 0.15) is 0 Å². The maximum Gasteiger partial charge on any atom is 0.252 e. The molecule has 0 spiro atoms. The average Bonchev–Trinajstić information content (AvgIpc) is 3.15. The fraction of sp³-hybridized carbons (Fsp3) is 0.143. The van der Waals surface area contributed by atoms with Gasteiger partial charge in [0.15, 0.2) is 0 Å². The Morgan fingerprint density at radius 1 is 1.38 bits per heavy atom. The molecule has 10 heteroatoms. The minimum atomic E-state index is -0.365. The van der Waals surface area contributed by atoms with Crippen LogP contribution in [0.3, 0.4) is 0 Å². The van der Waals surface area contributed by atoms with Gasteiger partial charge in [0, 0.05) is 23.1 Å². The third kappa shape index (κ3) is 3.53. The van der Waals surface area contributed by atoms with Crippen molar-refractivity contribution in [2.24, 2.45) is 0 Å². The van der Waals surface area contributed by atoms with E-state index in [9.17, 15) is 4.79 Å². The molecular weight excluding hydrogens is 352 g/mol. The molecule has 0 fully saturated rings. The minimum absolute atomic E-state index is 0.0909. The summed E-state index contributed by atoms with van der Waals surface area (Å²) >= 11 is 7.24. The minimum Gasteiger partial charge on any atom is -0.375 e. The number of nitrogens with zero attached hydrogens (tertiary/aromatic N) is 4. The Morgan fingerprint density at radius 2 is 2.12 bits per heavy atom. The molecule has 0 bridgehead atoms. The molecule has 0 atom stereocenters. The fourth-order valence-corrected chi connectivity index (χ4v) is 2.84. The molecule has 0 unspecified atom stereocenters. The van der Waals surface area contributed by atoms with E-state index in [2.05, 4.69) is 20.4 Å². The standard InChI is InChI=1S/C14H13ClN6O2S/c1-23-6-11(22)18-13-19-12(16)21(20-13)14-17-10(7-24-14)8-2-4-9(15)5-3-8/h2-5,7H,6H2,1H3,(H3,16,18,19,20,22). The van der Waals surface area contributed by atoms with Crippen LogP contribution in [-0.4, -0.2) is 39.4 Å². The van der Waals surface area contributed by atoms with Gasteiger partial charge in [0.25, 0.3) is 11.9 Å². The van der Waals surface area contributed by atoms with Crippen LogP contribution in [0.5, 0.6) is 0 Å². The number of carbonyl (C=O) groups excluding carboxylic acids is 1. The van der Waals surface area contributed by atoms with Gasteiger partial charge in [-0.05, 0) is 12.1 Å². The van der Waals surface area contributed by atoms with E-state index in [-0.39, 0.29) is 24.4 Å². The number of carbonyl (C=O) groups is 1. The van der Waals surface area contributed by atoms with Gasteiger partial charge in [-0.3, -0.25) is 10.1 Å². The number of halogens is 1. The van der Waals surface area contributed by atoms with Crippen LogP contribution >= 0.6 is 22.9 Å². The molecule has 0 saturated heterocycles. The average molecular weight is 365 g/mol. The molecule has 24 heavy (non-hydrogen) atoms. The molecule has 124 valence electrons. The Morgan fingerprint density at radius 3 is 2.83 bits per heavy atom. The molecule has 1 amide bonds. The summed E-state index contributed by atoms with van der Waals surface area (Å²) in [5.41, 5.74) is 7.54. The summed E-state index contributed by atoms with van der Waals surface area (Å²) in [6.45, 7) is -0.0909. The summed E-state index contributed by atoms with van der Waals surface area (Å²) in [6.07, 6.45) is 0. The summed E-state index contributed by atoms with van der Waals surface area (Å²) in [5, 5.41) is 9.71. The Bertz CT molecular complexity index is 861. The lowest BCUT2D eigenvalue weighted by atomic mass is 10.2. The predicted octanol–water partition coefficient (Wildman–Crippen LogP) is 2.21. The first kappa shape index (κ1) is 16.4. The van der Waals surface area contributed by atoms with Gasteiger partial charge < -0.3 is 10.5 Å². The molecule has 3 rings (SSSR count). The molecule has 2 aromatic heterocycles. The first-order valence-corrected chi connectivity index (χ1v) is 8.05. The molecule has 2 heterocycles. The molecule has 3 N–H and O–H groups in total. The molecular formula is C14H13ClN6O2S. The number of hydrogen-bond acceptors (Lipinski definition) is 7. The third-order valence-corrected chi connectivity index (χ3v) is 4.04. The number of methoxy groups -OCH3 is 1. The van der Waals surface area contributed by atoms with Crippen molar-refractivity contribution in [1.29, 1.82) is 0 Å². The van der Waals surface area contributed by atoms with Crippen molar-refractivity contribution in [2.45, 2.75) is 0 Å². The number of aromatic nitrogens is 4. The molecule has 1 aromatic carbocycles. The van der Waals surface area contributed by atoms with Crippen molar-refractivity contribution in [2.75, 3.05) is 24.8 Å². The zero-order valence-corrected chi connectivity index (χ0v) is 14.1. The Kier molecular flexibility index (Phi) is 4.74. The quantitative estimate of drug-likeness (QED) is 0.718. The summed E-state index contributed by atoms with van der Waals surface area (Å²) in [4.78, 5) is 20.0. The molecule has 0 aliphatic rings. The van der Waals surface area contributed by atoms with Crippen LogP contribution in [0.15, 0.2) is 29.6 Å². The van der Waals surface area contributed by atoms with Crippen molar-refractivity contribution in [3.05, 3.63) is 34.7 Å². The van der Waals surface area contributed by atoms with E-state index in [4.69, 9.17) is 22.1 Å². The van der Waals surface area contributed by atoms with Gasteiger partial charge in [-0.2, -0.15) is 9.67 Å². The maximum absolute atomic E-state index is 11.5. The monoisotopic (exact) mass is 364 g/mol. The van der Waals surface area contributed by atoms with E-state index in [0.29, 0.717) is 10.2 Å². The molecule has 0 aliphatic heterocycles. The van der Waals surface area contributed by atoms with Crippen LogP contribution in [0.4, 0.5) is 11.9 Å². The van der Waals surface area contributed by atoms with E-state index in [1.54, 1.807) is 12.1 Å². The highest BCUT2D eigenvalue weighted by molar-refractivity contribution is 7.12. The Labute approximate surface area is 146 Å². The number of nitrogen functional groups attached to an aromatic ring is 1. The Balaban J connectivity index is 1.83. The number of amides is 1. The predicted molar refractivity (Wildman–Crippen MR) is 92.4 cm³/mol. The number of nitrogens with two attached hydrogens (primary N) is 1. The maximum atomic E-state index is 11.5. The van der Waals surface area contributed by atoms with Crippen molar-refractivity contribution in [3.63, 3.8) is 0 Å². The van der Waals surface area contributed by atoms with Gasteiger partial charge >= 0.3 is 0 Å². The SMILES string of the molecule is COCC(=O)Nc1nc(N)n(-c2nc(-c3ccc(Cl)cc3)cs2)n1. The largest absolute Gasteiger partial charge is 0.375 e. The molecule has 8 nitrogen and oxygen atoms in total. The fourth-order valence-electron chi connectivity index (χ4n) is 1.92. The summed E-state index contributed by atoms with van der Waals surface area (Å²) in [5.74, 6) is -0.145. The van der Waals surface area contributed by atoms with Crippen LogP contribution < -0.4 is 11.1 Å². The lowest BCUT2D eigenvalue weighted by molar-refractivity contribution is -0.119. The van der Waals surface area contributed by atoms with Crippen molar-refractivity contribution in [1.82, 2.24) is 19.7 Å². The lowest BCUT2D eigenvalue weighted by Crippen LogP contribution is -2.18. The second-order valence-corrected chi connectivity index (χ2v) is 5.98. The Hall–Kier alpha value is -2.49. The van der Waals surface area contributed by atoms with Crippen molar-refractivity contribution < 1.29 is 9.53 Å². The van der Waals surface area contributed by atoms with Gasteiger partial charge in [0.1, 0.15) is 6.61 Å². The summed E-state index contributed by atoms with van der Waals surface area (Å²) in [7, 11) is 1.42. The zero-order valence-electron chi connectivity index (χ0n) is 12.6. The van der Waals surface area contributed by atoms with Crippen LogP contribution in [0.2, 0.25) is 5.02 Å². The molecule has 3 aromatic rings. The number of benzene rings is 1. The summed E-state index contributed by atoms with van der Waals surface area (Å²) < 4.78 is 6.10. The number of hydrogen-bond donors (Lipinski definition) is 2. The van der Waals surface area contributed by atoms with Gasteiger partial charge in [0.2, 0.25) is 11.1 Å². The van der Waals surface area contributed by atoms with Gasteiger partial charge in [0.05, 0.1) is 5.69 Å². The van der Waals surface area contributed by atoms with Crippen molar-refractivity contribution >= 4 is 40.7 Å². The van der Waals surface area contributed by atoms with Crippen molar-refractivity contribution in [3.8, 4) is 16.4 Å². The van der Waals surface area contributed by atoms with E-state index >= 15 is 0 Å². The first-order chi connectivity index (χ1) is 11.6. The van der Waals surface area contributed by atoms with Gasteiger partial charge in [-0.15, -0.1) is 16.4 Å². The third-order valence-electron chi connectivity index (χ3n) is 2.97. The first-order valence-electron chi connectivity index (χ1n) is 6.80. The number of anilines is 2.